The van der Waals surface area contributed by atoms with Crippen LogP contribution in [0, 0.1) is 0 Å². The Morgan fingerprint density at radius 1 is 0.906 bits per heavy atom. The van der Waals surface area contributed by atoms with E-state index in [0.717, 1.165) is 0 Å². The first-order chi connectivity index (χ1) is 15.5. The number of hydrogen-bond acceptors (Lipinski definition) is 7. The standard InChI is InChI=1S/C24H16ClNO6/c25-19-20(26-17-12-6-7-13-18(17)27)24(32-23(19)30)31-22(29)16-11-5-4-10-15(16)21(28)14-8-2-1-3-9-14/h1-13,19,26-27H. The predicted molar refractivity (Wildman–Crippen MR) is 116 cm³/mol. The average Bonchev–Trinajstić information content (AvgIpc) is 3.08. The van der Waals surface area contributed by atoms with Crippen LogP contribution >= 0.6 is 11.6 Å². The van der Waals surface area contributed by atoms with Crippen molar-refractivity contribution >= 4 is 35.0 Å². The first-order valence-corrected chi connectivity index (χ1v) is 9.95. The van der Waals surface area contributed by atoms with E-state index in [1.54, 1.807) is 60.7 Å². The number of para-hydroxylation sites is 2. The van der Waals surface area contributed by atoms with Crippen molar-refractivity contribution < 1.29 is 29.0 Å². The van der Waals surface area contributed by atoms with Gasteiger partial charge >= 0.3 is 17.9 Å². The Kier molecular flexibility index (Phi) is 5.91. The molecule has 0 spiro atoms. The Labute approximate surface area is 187 Å². The number of alkyl halides is 1. The molecular weight excluding hydrogens is 434 g/mol. The lowest BCUT2D eigenvalue weighted by Gasteiger charge is -2.12. The molecule has 1 aliphatic heterocycles. The van der Waals surface area contributed by atoms with Crippen LogP contribution in [0.1, 0.15) is 26.3 Å². The van der Waals surface area contributed by atoms with Crippen molar-refractivity contribution in [1.29, 1.82) is 0 Å². The number of halogens is 1. The van der Waals surface area contributed by atoms with Crippen molar-refractivity contribution in [2.45, 2.75) is 5.38 Å². The number of carbonyl (C=O) groups is 3. The fourth-order valence-electron chi connectivity index (χ4n) is 3.08. The van der Waals surface area contributed by atoms with Crippen LogP contribution in [0.3, 0.4) is 0 Å². The quantitative estimate of drug-likeness (QED) is 0.251. The number of nitrogens with one attached hydrogen (secondary N) is 1. The highest BCUT2D eigenvalue weighted by atomic mass is 35.5. The first kappa shape index (κ1) is 21.1. The lowest BCUT2D eigenvalue weighted by molar-refractivity contribution is -0.139. The molecular formula is C24H16ClNO6. The summed E-state index contributed by atoms with van der Waals surface area (Å²) in [5.74, 6) is -2.67. The van der Waals surface area contributed by atoms with Gasteiger partial charge < -0.3 is 19.9 Å². The van der Waals surface area contributed by atoms with Gasteiger partial charge in [-0.2, -0.15) is 0 Å². The number of esters is 2. The van der Waals surface area contributed by atoms with E-state index >= 15 is 0 Å². The van der Waals surface area contributed by atoms with Crippen molar-refractivity contribution in [3.8, 4) is 5.75 Å². The number of rotatable bonds is 6. The highest BCUT2D eigenvalue weighted by Crippen LogP contribution is 2.32. The lowest BCUT2D eigenvalue weighted by atomic mass is 9.98. The fourth-order valence-corrected chi connectivity index (χ4v) is 3.27. The summed E-state index contributed by atoms with van der Waals surface area (Å²) in [7, 11) is 0. The Bertz CT molecular complexity index is 1240. The van der Waals surface area contributed by atoms with Crippen LogP contribution in [-0.2, 0) is 14.3 Å². The maximum atomic E-state index is 12.9. The topological polar surface area (TPSA) is 102 Å². The van der Waals surface area contributed by atoms with Gasteiger partial charge in [-0.1, -0.05) is 60.7 Å². The molecule has 1 aliphatic rings. The molecule has 0 saturated heterocycles. The zero-order valence-corrected chi connectivity index (χ0v) is 17.2. The molecule has 160 valence electrons. The highest BCUT2D eigenvalue weighted by molar-refractivity contribution is 6.33. The Morgan fingerprint density at radius 3 is 2.25 bits per heavy atom. The molecule has 0 aromatic heterocycles. The average molecular weight is 450 g/mol. The molecule has 1 unspecified atom stereocenters. The molecule has 0 bridgehead atoms. The van der Waals surface area contributed by atoms with Crippen molar-refractivity contribution in [3.63, 3.8) is 0 Å². The summed E-state index contributed by atoms with van der Waals surface area (Å²) in [6.07, 6.45) is 0. The number of benzene rings is 3. The van der Waals surface area contributed by atoms with Crippen molar-refractivity contribution in [1.82, 2.24) is 0 Å². The van der Waals surface area contributed by atoms with Gasteiger partial charge in [-0.3, -0.25) is 4.79 Å². The van der Waals surface area contributed by atoms with Crippen LogP contribution in [-0.4, -0.2) is 28.2 Å². The van der Waals surface area contributed by atoms with Crippen LogP contribution in [0.4, 0.5) is 5.69 Å². The third-order valence-corrected chi connectivity index (χ3v) is 5.06. The smallest absolute Gasteiger partial charge is 0.346 e. The van der Waals surface area contributed by atoms with Gasteiger partial charge in [0, 0.05) is 11.1 Å². The minimum absolute atomic E-state index is 0.00941. The molecule has 32 heavy (non-hydrogen) atoms. The maximum Gasteiger partial charge on any atom is 0.346 e. The van der Waals surface area contributed by atoms with Crippen molar-refractivity contribution in [2.24, 2.45) is 0 Å². The van der Waals surface area contributed by atoms with Crippen LogP contribution in [0.15, 0.2) is 90.5 Å². The summed E-state index contributed by atoms with van der Waals surface area (Å²) < 4.78 is 10.3. The van der Waals surface area contributed by atoms with Gasteiger partial charge in [0.2, 0.25) is 0 Å². The summed E-state index contributed by atoms with van der Waals surface area (Å²) >= 11 is 6.09. The van der Waals surface area contributed by atoms with Gasteiger partial charge in [-0.15, -0.1) is 11.6 Å². The van der Waals surface area contributed by atoms with Gasteiger partial charge in [0.05, 0.1) is 11.3 Å². The number of anilines is 1. The zero-order valence-electron chi connectivity index (χ0n) is 16.4. The minimum Gasteiger partial charge on any atom is -0.506 e. The summed E-state index contributed by atoms with van der Waals surface area (Å²) in [6, 6.07) is 20.9. The molecule has 1 heterocycles. The molecule has 0 aliphatic carbocycles. The SMILES string of the molecule is O=C(OC1=C(Nc2ccccc2O)C(Cl)C(=O)O1)c1ccccc1C(=O)c1ccccc1. The van der Waals surface area contributed by atoms with E-state index in [4.69, 9.17) is 21.1 Å². The lowest BCUT2D eigenvalue weighted by Crippen LogP contribution is -2.16. The normalized spacial score (nSPS) is 15.3. The highest BCUT2D eigenvalue weighted by Gasteiger charge is 2.38. The minimum atomic E-state index is -1.28. The van der Waals surface area contributed by atoms with Gasteiger partial charge in [-0.25, -0.2) is 9.59 Å². The van der Waals surface area contributed by atoms with Crippen molar-refractivity contribution in [3.05, 3.63) is 107 Å². The van der Waals surface area contributed by atoms with Crippen LogP contribution < -0.4 is 5.32 Å². The van der Waals surface area contributed by atoms with Crippen LogP contribution in [0.2, 0.25) is 0 Å². The van der Waals surface area contributed by atoms with Gasteiger partial charge in [0.1, 0.15) is 11.4 Å². The molecule has 0 radical (unpaired) electrons. The maximum absolute atomic E-state index is 12.9. The van der Waals surface area contributed by atoms with E-state index in [-0.39, 0.29) is 34.0 Å². The molecule has 0 amide bonds. The third kappa shape index (κ3) is 4.19. The molecule has 1 atom stereocenters. The summed E-state index contributed by atoms with van der Waals surface area (Å²) in [4.78, 5) is 37.8. The third-order valence-electron chi connectivity index (χ3n) is 4.66. The Hall–Kier alpha value is -4.10. The molecule has 0 saturated carbocycles. The zero-order chi connectivity index (χ0) is 22.7. The van der Waals surface area contributed by atoms with Gasteiger partial charge in [0.25, 0.3) is 0 Å². The van der Waals surface area contributed by atoms with Gasteiger partial charge in [-0.05, 0) is 18.2 Å². The molecule has 8 heteroatoms. The molecule has 3 aromatic carbocycles. The Balaban J connectivity index is 1.64. The second kappa shape index (κ2) is 8.95. The second-order valence-corrected chi connectivity index (χ2v) is 7.19. The van der Waals surface area contributed by atoms with E-state index in [1.807, 2.05) is 0 Å². The number of cyclic esters (lactones) is 1. The predicted octanol–water partition coefficient (Wildman–Crippen LogP) is 4.23. The number of phenolic OH excluding ortho intramolecular Hbond substituents is 1. The van der Waals surface area contributed by atoms with E-state index in [9.17, 15) is 19.5 Å². The number of hydrogen-bond donors (Lipinski definition) is 2. The molecule has 0 fully saturated rings. The Morgan fingerprint density at radius 2 is 1.53 bits per heavy atom. The fraction of sp³-hybridized carbons (Fsp3) is 0.0417. The van der Waals surface area contributed by atoms with E-state index in [2.05, 4.69) is 5.32 Å². The van der Waals surface area contributed by atoms with Crippen molar-refractivity contribution in [2.75, 3.05) is 5.32 Å². The molecule has 7 nitrogen and oxygen atoms in total. The van der Waals surface area contributed by atoms with Crippen LogP contribution in [0.5, 0.6) is 5.75 Å². The molecule has 4 rings (SSSR count). The van der Waals surface area contributed by atoms with E-state index in [1.165, 1.54) is 18.2 Å². The first-order valence-electron chi connectivity index (χ1n) is 9.51. The number of phenols is 1. The number of ether oxygens (including phenoxy) is 2. The summed E-state index contributed by atoms with van der Waals surface area (Å²) in [5, 5.41) is 11.5. The monoisotopic (exact) mass is 449 g/mol. The second-order valence-electron chi connectivity index (χ2n) is 6.76. The summed E-state index contributed by atoms with van der Waals surface area (Å²) in [6.45, 7) is 0. The van der Waals surface area contributed by atoms with Crippen LogP contribution in [0.25, 0.3) is 0 Å². The number of ketones is 1. The number of carbonyl (C=O) groups excluding carboxylic acids is 3. The largest absolute Gasteiger partial charge is 0.506 e. The molecule has 3 aromatic rings. The van der Waals surface area contributed by atoms with Gasteiger partial charge in [0.15, 0.2) is 11.2 Å². The molecule has 2 N–H and O–H groups in total. The number of aromatic hydroxyl groups is 1. The van der Waals surface area contributed by atoms with E-state index < -0.39 is 23.3 Å². The van der Waals surface area contributed by atoms with E-state index in [0.29, 0.717) is 5.56 Å². The summed E-state index contributed by atoms with van der Waals surface area (Å²) in [5.41, 5.74) is 0.719.